The zero-order valence-corrected chi connectivity index (χ0v) is 17.5. The third-order valence-electron chi connectivity index (χ3n) is 4.67. The van der Waals surface area contributed by atoms with Crippen molar-refractivity contribution in [2.45, 2.75) is 20.0 Å². The van der Waals surface area contributed by atoms with E-state index in [4.69, 9.17) is 9.47 Å². The van der Waals surface area contributed by atoms with E-state index in [1.54, 1.807) is 24.3 Å². The van der Waals surface area contributed by atoms with E-state index in [0.29, 0.717) is 17.0 Å². The molecule has 162 valence electrons. The van der Waals surface area contributed by atoms with E-state index in [1.807, 2.05) is 13.8 Å². The molecule has 2 amide bonds. The van der Waals surface area contributed by atoms with Crippen LogP contribution in [0.15, 0.2) is 54.2 Å². The van der Waals surface area contributed by atoms with Crippen molar-refractivity contribution in [1.29, 1.82) is 0 Å². The molecule has 0 bridgehead atoms. The molecule has 0 aliphatic carbocycles. The number of anilines is 1. The molecule has 0 fully saturated rings. The third kappa shape index (κ3) is 4.72. The number of hydrogen-bond donors (Lipinski definition) is 1. The standard InChI is InChI=1S/C22H23N3O6/c1-14(2)31-13-12-24-21(26)19(15-8-10-16(11-9-15)25(28)29)20(22(24)27)23-17-6-4-5-7-18(17)30-3/h4-11,14,23H,12-13H2,1-3H3. The first-order valence-electron chi connectivity index (χ1n) is 9.70. The minimum Gasteiger partial charge on any atom is -0.495 e. The second-order valence-electron chi connectivity index (χ2n) is 7.06. The van der Waals surface area contributed by atoms with Crippen molar-refractivity contribution in [2.75, 3.05) is 25.6 Å². The summed E-state index contributed by atoms with van der Waals surface area (Å²) in [6.07, 6.45) is -0.0407. The van der Waals surface area contributed by atoms with Crippen LogP contribution >= 0.6 is 0 Å². The monoisotopic (exact) mass is 425 g/mol. The van der Waals surface area contributed by atoms with Gasteiger partial charge in [0.15, 0.2) is 0 Å². The van der Waals surface area contributed by atoms with Crippen LogP contribution in [0.3, 0.4) is 0 Å². The van der Waals surface area contributed by atoms with Crippen LogP contribution in [0, 0.1) is 10.1 Å². The number of para-hydroxylation sites is 2. The van der Waals surface area contributed by atoms with Gasteiger partial charge in [0.2, 0.25) is 0 Å². The molecule has 2 aromatic rings. The lowest BCUT2D eigenvalue weighted by molar-refractivity contribution is -0.384. The van der Waals surface area contributed by atoms with Crippen LogP contribution in [0.1, 0.15) is 19.4 Å². The quantitative estimate of drug-likeness (QED) is 0.373. The summed E-state index contributed by atoms with van der Waals surface area (Å²) in [6.45, 7) is 4.01. The lowest BCUT2D eigenvalue weighted by Gasteiger charge is -2.16. The van der Waals surface area contributed by atoms with E-state index in [9.17, 15) is 19.7 Å². The van der Waals surface area contributed by atoms with Crippen LogP contribution in [0.25, 0.3) is 5.57 Å². The Kier molecular flexibility index (Phi) is 6.66. The number of amides is 2. The number of carbonyl (C=O) groups is 2. The molecule has 9 heteroatoms. The summed E-state index contributed by atoms with van der Waals surface area (Å²) in [5.74, 6) is -0.500. The van der Waals surface area contributed by atoms with Crippen molar-refractivity contribution in [2.24, 2.45) is 0 Å². The van der Waals surface area contributed by atoms with Crippen molar-refractivity contribution in [3.8, 4) is 5.75 Å². The molecule has 1 aliphatic heterocycles. The molecule has 0 spiro atoms. The lowest BCUT2D eigenvalue weighted by atomic mass is 10.0. The van der Waals surface area contributed by atoms with Gasteiger partial charge in [0.05, 0.1) is 42.5 Å². The molecule has 0 unspecified atom stereocenters. The summed E-state index contributed by atoms with van der Waals surface area (Å²) >= 11 is 0. The number of carbonyl (C=O) groups excluding carboxylic acids is 2. The van der Waals surface area contributed by atoms with Crippen molar-refractivity contribution < 1.29 is 24.0 Å². The fraction of sp³-hybridized carbons (Fsp3) is 0.273. The fourth-order valence-corrected chi connectivity index (χ4v) is 3.17. The number of nitro groups is 1. The zero-order chi connectivity index (χ0) is 22.5. The number of methoxy groups -OCH3 is 1. The van der Waals surface area contributed by atoms with E-state index in [2.05, 4.69) is 5.32 Å². The van der Waals surface area contributed by atoms with Crippen LogP contribution < -0.4 is 10.1 Å². The van der Waals surface area contributed by atoms with Gasteiger partial charge in [-0.25, -0.2) is 0 Å². The van der Waals surface area contributed by atoms with Crippen LogP contribution in [-0.4, -0.2) is 48.0 Å². The fourth-order valence-electron chi connectivity index (χ4n) is 3.17. The number of rotatable bonds is 9. The largest absolute Gasteiger partial charge is 0.495 e. The van der Waals surface area contributed by atoms with Gasteiger partial charge in [-0.05, 0) is 43.7 Å². The summed E-state index contributed by atoms with van der Waals surface area (Å²) in [5.41, 5.74) is 1.01. The van der Waals surface area contributed by atoms with E-state index < -0.39 is 16.7 Å². The lowest BCUT2D eigenvalue weighted by Crippen LogP contribution is -2.35. The molecule has 0 saturated carbocycles. The van der Waals surface area contributed by atoms with Crippen LogP contribution in [0.4, 0.5) is 11.4 Å². The summed E-state index contributed by atoms with van der Waals surface area (Å²) in [7, 11) is 1.50. The first-order chi connectivity index (χ1) is 14.8. The van der Waals surface area contributed by atoms with Crippen LogP contribution in [0.2, 0.25) is 0 Å². The number of non-ortho nitro benzene ring substituents is 1. The van der Waals surface area contributed by atoms with E-state index in [1.165, 1.54) is 31.4 Å². The highest BCUT2D eigenvalue weighted by molar-refractivity contribution is 6.36. The molecule has 0 radical (unpaired) electrons. The molecule has 0 atom stereocenters. The molecule has 1 heterocycles. The van der Waals surface area contributed by atoms with Crippen LogP contribution in [-0.2, 0) is 14.3 Å². The second-order valence-corrected chi connectivity index (χ2v) is 7.06. The predicted octanol–water partition coefficient (Wildman–Crippen LogP) is 3.22. The molecule has 0 aromatic heterocycles. The maximum atomic E-state index is 13.2. The molecule has 31 heavy (non-hydrogen) atoms. The van der Waals surface area contributed by atoms with Gasteiger partial charge in [0.1, 0.15) is 11.4 Å². The normalized spacial score (nSPS) is 13.9. The zero-order valence-electron chi connectivity index (χ0n) is 17.5. The summed E-state index contributed by atoms with van der Waals surface area (Å²) in [4.78, 5) is 37.8. The molecule has 1 aliphatic rings. The minimum atomic E-state index is -0.524. The number of nitrogens with zero attached hydrogens (tertiary/aromatic N) is 2. The highest BCUT2D eigenvalue weighted by atomic mass is 16.6. The Hall–Kier alpha value is -3.72. The predicted molar refractivity (Wildman–Crippen MR) is 114 cm³/mol. The first kappa shape index (κ1) is 22.0. The number of benzene rings is 2. The Morgan fingerprint density at radius 1 is 1.06 bits per heavy atom. The Morgan fingerprint density at radius 3 is 2.35 bits per heavy atom. The molecule has 0 saturated heterocycles. The van der Waals surface area contributed by atoms with E-state index >= 15 is 0 Å². The number of ether oxygens (including phenoxy) is 2. The number of hydrogen-bond acceptors (Lipinski definition) is 7. The van der Waals surface area contributed by atoms with Gasteiger partial charge in [-0.3, -0.25) is 24.6 Å². The molecule has 2 aromatic carbocycles. The Labute approximate surface area is 179 Å². The molecule has 1 N–H and O–H groups in total. The number of nitrogens with one attached hydrogen (secondary N) is 1. The molecular formula is C22H23N3O6. The Bertz CT molecular complexity index is 1030. The Morgan fingerprint density at radius 2 is 1.74 bits per heavy atom. The van der Waals surface area contributed by atoms with Gasteiger partial charge < -0.3 is 14.8 Å². The van der Waals surface area contributed by atoms with Crippen molar-refractivity contribution in [3.63, 3.8) is 0 Å². The summed E-state index contributed by atoms with van der Waals surface area (Å²) in [5, 5.41) is 14.0. The van der Waals surface area contributed by atoms with Crippen LogP contribution in [0.5, 0.6) is 5.75 Å². The van der Waals surface area contributed by atoms with Gasteiger partial charge in [0, 0.05) is 12.1 Å². The van der Waals surface area contributed by atoms with Crippen molar-refractivity contribution in [1.82, 2.24) is 4.90 Å². The number of nitro benzene ring substituents is 1. The van der Waals surface area contributed by atoms with E-state index in [-0.39, 0.29) is 36.2 Å². The summed E-state index contributed by atoms with van der Waals surface area (Å²) < 4.78 is 10.8. The van der Waals surface area contributed by atoms with Crippen molar-refractivity contribution in [3.05, 3.63) is 69.9 Å². The maximum absolute atomic E-state index is 13.2. The SMILES string of the molecule is COc1ccccc1NC1=C(c2ccc([N+](=O)[O-])cc2)C(=O)N(CCOC(C)C)C1=O. The van der Waals surface area contributed by atoms with Gasteiger partial charge in [-0.2, -0.15) is 0 Å². The van der Waals surface area contributed by atoms with Gasteiger partial charge in [0.25, 0.3) is 17.5 Å². The van der Waals surface area contributed by atoms with Crippen molar-refractivity contribution >= 4 is 28.8 Å². The first-order valence-corrected chi connectivity index (χ1v) is 9.70. The topological polar surface area (TPSA) is 111 Å². The third-order valence-corrected chi connectivity index (χ3v) is 4.67. The average Bonchev–Trinajstić information content (AvgIpc) is 2.98. The average molecular weight is 425 g/mol. The second kappa shape index (κ2) is 9.40. The molecule has 9 nitrogen and oxygen atoms in total. The Balaban J connectivity index is 2.00. The highest BCUT2D eigenvalue weighted by Crippen LogP contribution is 2.33. The highest BCUT2D eigenvalue weighted by Gasteiger charge is 2.39. The summed E-state index contributed by atoms with van der Waals surface area (Å²) in [6, 6.07) is 12.5. The maximum Gasteiger partial charge on any atom is 0.278 e. The van der Waals surface area contributed by atoms with Gasteiger partial charge in [-0.15, -0.1) is 0 Å². The van der Waals surface area contributed by atoms with E-state index in [0.717, 1.165) is 4.90 Å². The van der Waals surface area contributed by atoms with Gasteiger partial charge in [-0.1, -0.05) is 12.1 Å². The number of imide groups is 1. The smallest absolute Gasteiger partial charge is 0.278 e. The minimum absolute atomic E-state index is 0.0407. The molecular weight excluding hydrogens is 402 g/mol. The van der Waals surface area contributed by atoms with Gasteiger partial charge >= 0.3 is 0 Å². The molecule has 3 rings (SSSR count).